The number of hydrogen-bond donors (Lipinski definition) is 1. The Hall–Kier alpha value is -0.960. The molecule has 14 heavy (non-hydrogen) atoms. The molecule has 2 N–H and O–H groups in total. The predicted molar refractivity (Wildman–Crippen MR) is 51.1 cm³/mol. The standard InChI is InChI=1S/C11H13F2N/c1-7-4-8(12)10(9(13)5-7)11(6-14)2-3-11/h4-5H,2-3,6,14H2,1H3. The van der Waals surface area contributed by atoms with Gasteiger partial charge in [0.1, 0.15) is 11.6 Å². The molecule has 2 rings (SSSR count). The van der Waals surface area contributed by atoms with Gasteiger partial charge in [-0.15, -0.1) is 0 Å². The van der Waals surface area contributed by atoms with Gasteiger partial charge in [-0.25, -0.2) is 8.78 Å². The highest BCUT2D eigenvalue weighted by Crippen LogP contribution is 2.49. The Bertz CT molecular complexity index is 347. The van der Waals surface area contributed by atoms with Crippen molar-refractivity contribution in [2.45, 2.75) is 25.2 Å². The van der Waals surface area contributed by atoms with Crippen molar-refractivity contribution in [2.75, 3.05) is 6.54 Å². The summed E-state index contributed by atoms with van der Waals surface area (Å²) < 4.78 is 27.1. The van der Waals surface area contributed by atoms with Crippen molar-refractivity contribution in [3.63, 3.8) is 0 Å². The first-order valence-electron chi connectivity index (χ1n) is 4.75. The second-order valence-electron chi connectivity index (χ2n) is 4.09. The zero-order valence-electron chi connectivity index (χ0n) is 8.11. The smallest absolute Gasteiger partial charge is 0.130 e. The van der Waals surface area contributed by atoms with Gasteiger partial charge < -0.3 is 5.73 Å². The van der Waals surface area contributed by atoms with Crippen molar-refractivity contribution in [3.05, 3.63) is 34.9 Å². The summed E-state index contributed by atoms with van der Waals surface area (Å²) >= 11 is 0. The van der Waals surface area contributed by atoms with Crippen LogP contribution in [0.2, 0.25) is 0 Å². The first-order valence-corrected chi connectivity index (χ1v) is 4.75. The van der Waals surface area contributed by atoms with Crippen molar-refractivity contribution in [3.8, 4) is 0 Å². The Labute approximate surface area is 81.9 Å². The van der Waals surface area contributed by atoms with Crippen LogP contribution in [-0.2, 0) is 5.41 Å². The summed E-state index contributed by atoms with van der Waals surface area (Å²) in [6.07, 6.45) is 1.58. The summed E-state index contributed by atoms with van der Waals surface area (Å²) in [4.78, 5) is 0. The summed E-state index contributed by atoms with van der Waals surface area (Å²) in [5.74, 6) is -0.907. The van der Waals surface area contributed by atoms with E-state index in [1.807, 2.05) is 0 Å². The average molecular weight is 197 g/mol. The SMILES string of the molecule is Cc1cc(F)c(C2(CN)CC2)c(F)c1. The fourth-order valence-corrected chi connectivity index (χ4v) is 1.91. The van der Waals surface area contributed by atoms with Gasteiger partial charge in [0.05, 0.1) is 0 Å². The molecule has 0 radical (unpaired) electrons. The van der Waals surface area contributed by atoms with Gasteiger partial charge >= 0.3 is 0 Å². The molecule has 0 bridgehead atoms. The van der Waals surface area contributed by atoms with Crippen LogP contribution in [0.3, 0.4) is 0 Å². The van der Waals surface area contributed by atoms with E-state index in [0.717, 1.165) is 12.8 Å². The lowest BCUT2D eigenvalue weighted by atomic mass is 9.94. The van der Waals surface area contributed by atoms with Crippen LogP contribution in [0.4, 0.5) is 8.78 Å². The summed E-state index contributed by atoms with van der Waals surface area (Å²) in [7, 11) is 0. The van der Waals surface area contributed by atoms with E-state index >= 15 is 0 Å². The highest BCUT2D eigenvalue weighted by molar-refractivity contribution is 5.36. The summed E-state index contributed by atoms with van der Waals surface area (Å²) in [5, 5.41) is 0. The van der Waals surface area contributed by atoms with Crippen molar-refractivity contribution in [1.29, 1.82) is 0 Å². The van der Waals surface area contributed by atoms with Gasteiger partial charge in [-0.2, -0.15) is 0 Å². The number of aryl methyl sites for hydroxylation is 1. The van der Waals surface area contributed by atoms with Crippen LogP contribution in [0.25, 0.3) is 0 Å². The molecule has 1 nitrogen and oxygen atoms in total. The van der Waals surface area contributed by atoms with E-state index < -0.39 is 17.0 Å². The van der Waals surface area contributed by atoms with E-state index in [4.69, 9.17) is 5.73 Å². The van der Waals surface area contributed by atoms with Crippen LogP contribution >= 0.6 is 0 Å². The molecule has 1 aromatic carbocycles. The summed E-state index contributed by atoms with van der Waals surface area (Å²) in [6, 6.07) is 2.74. The number of nitrogens with two attached hydrogens (primary N) is 1. The Balaban J connectivity index is 2.53. The molecule has 1 aromatic rings. The van der Waals surface area contributed by atoms with E-state index in [1.54, 1.807) is 6.92 Å². The normalized spacial score (nSPS) is 18.3. The average Bonchev–Trinajstić information content (AvgIpc) is 2.83. The molecule has 0 unspecified atom stereocenters. The molecule has 0 spiro atoms. The van der Waals surface area contributed by atoms with Crippen molar-refractivity contribution in [1.82, 2.24) is 0 Å². The molecule has 1 saturated carbocycles. The number of rotatable bonds is 2. The maximum absolute atomic E-state index is 13.5. The number of halogens is 2. The topological polar surface area (TPSA) is 26.0 Å². The van der Waals surface area contributed by atoms with Crippen LogP contribution in [-0.4, -0.2) is 6.54 Å². The lowest BCUT2D eigenvalue weighted by Crippen LogP contribution is -2.22. The first-order chi connectivity index (χ1) is 6.59. The molecule has 76 valence electrons. The summed E-state index contributed by atoms with van der Waals surface area (Å²) in [5.41, 5.74) is 5.92. The third-order valence-corrected chi connectivity index (χ3v) is 2.96. The summed E-state index contributed by atoms with van der Waals surface area (Å²) in [6.45, 7) is 2.00. The first kappa shape index (κ1) is 9.59. The molecule has 0 atom stereocenters. The highest BCUT2D eigenvalue weighted by Gasteiger charge is 2.46. The Morgan fingerprint density at radius 1 is 1.29 bits per heavy atom. The monoisotopic (exact) mass is 197 g/mol. The number of hydrogen-bond acceptors (Lipinski definition) is 1. The van der Waals surface area contributed by atoms with Gasteiger partial charge in [0.2, 0.25) is 0 Å². The van der Waals surface area contributed by atoms with Crippen LogP contribution in [0.1, 0.15) is 24.0 Å². The van der Waals surface area contributed by atoms with E-state index in [1.165, 1.54) is 12.1 Å². The molecule has 1 fully saturated rings. The third-order valence-electron chi connectivity index (χ3n) is 2.96. The van der Waals surface area contributed by atoms with Gasteiger partial charge in [-0.1, -0.05) is 0 Å². The molecule has 3 heteroatoms. The van der Waals surface area contributed by atoms with Crippen LogP contribution in [0, 0.1) is 18.6 Å². The zero-order chi connectivity index (χ0) is 10.3. The lowest BCUT2D eigenvalue weighted by molar-refractivity contribution is 0.515. The second kappa shape index (κ2) is 3.02. The van der Waals surface area contributed by atoms with E-state index in [2.05, 4.69) is 0 Å². The maximum atomic E-state index is 13.5. The molecule has 0 aliphatic heterocycles. The minimum absolute atomic E-state index is 0.186. The fourth-order valence-electron chi connectivity index (χ4n) is 1.91. The predicted octanol–water partition coefficient (Wildman–Crippen LogP) is 2.26. The van der Waals surface area contributed by atoms with Crippen molar-refractivity contribution in [2.24, 2.45) is 5.73 Å². The van der Waals surface area contributed by atoms with Crippen LogP contribution < -0.4 is 5.73 Å². The van der Waals surface area contributed by atoms with Gasteiger partial charge in [0, 0.05) is 17.5 Å². The Morgan fingerprint density at radius 2 is 1.79 bits per heavy atom. The van der Waals surface area contributed by atoms with Gasteiger partial charge in [0.25, 0.3) is 0 Å². The fraction of sp³-hybridized carbons (Fsp3) is 0.455. The van der Waals surface area contributed by atoms with Crippen LogP contribution in [0.15, 0.2) is 12.1 Å². The molecule has 1 aliphatic carbocycles. The van der Waals surface area contributed by atoms with Gasteiger partial charge in [-0.3, -0.25) is 0 Å². The Kier molecular flexibility index (Phi) is 2.07. The van der Waals surface area contributed by atoms with Crippen LogP contribution in [0.5, 0.6) is 0 Å². The minimum Gasteiger partial charge on any atom is -0.330 e. The molecule has 0 heterocycles. The van der Waals surface area contributed by atoms with E-state index in [0.29, 0.717) is 12.1 Å². The van der Waals surface area contributed by atoms with Gasteiger partial charge in [0.15, 0.2) is 0 Å². The van der Waals surface area contributed by atoms with E-state index in [9.17, 15) is 8.78 Å². The second-order valence-corrected chi connectivity index (χ2v) is 4.09. The molecule has 1 aliphatic rings. The molecular weight excluding hydrogens is 184 g/mol. The van der Waals surface area contributed by atoms with Crippen molar-refractivity contribution >= 4 is 0 Å². The minimum atomic E-state index is -0.453. The Morgan fingerprint density at radius 3 is 2.14 bits per heavy atom. The third kappa shape index (κ3) is 1.32. The van der Waals surface area contributed by atoms with Gasteiger partial charge in [-0.05, 0) is 37.5 Å². The zero-order valence-corrected chi connectivity index (χ0v) is 8.11. The largest absolute Gasteiger partial charge is 0.330 e. The van der Waals surface area contributed by atoms with Crippen molar-refractivity contribution < 1.29 is 8.78 Å². The maximum Gasteiger partial charge on any atom is 0.130 e. The molecule has 0 saturated heterocycles. The number of benzene rings is 1. The van der Waals surface area contributed by atoms with E-state index in [-0.39, 0.29) is 5.56 Å². The molecular formula is C11H13F2N. The lowest BCUT2D eigenvalue weighted by Gasteiger charge is -2.15. The molecule has 0 aromatic heterocycles. The molecule has 0 amide bonds. The highest BCUT2D eigenvalue weighted by atomic mass is 19.1. The quantitative estimate of drug-likeness (QED) is 0.773.